The molecular formula is C25H27NO3. The zero-order chi connectivity index (χ0) is 20.4. The second kappa shape index (κ2) is 7.78. The Morgan fingerprint density at radius 3 is 2.52 bits per heavy atom. The van der Waals surface area contributed by atoms with Crippen LogP contribution in [0, 0.1) is 18.3 Å². The van der Waals surface area contributed by atoms with Crippen molar-refractivity contribution in [2.75, 3.05) is 0 Å². The Morgan fingerprint density at radius 1 is 1.03 bits per heavy atom. The molecule has 0 radical (unpaired) electrons. The first kappa shape index (κ1) is 19.3. The van der Waals surface area contributed by atoms with Crippen LogP contribution in [-0.4, -0.2) is 17.1 Å². The summed E-state index contributed by atoms with van der Waals surface area (Å²) in [7, 11) is 0. The Morgan fingerprint density at radius 2 is 1.76 bits per heavy atom. The lowest BCUT2D eigenvalue weighted by Gasteiger charge is -2.09. The Labute approximate surface area is 171 Å². The number of H-pyrrole nitrogens is 1. The van der Waals surface area contributed by atoms with E-state index in [1.807, 2.05) is 61.7 Å². The SMILES string of the molecule is Cc1ccccc1OC1C(C(=O)OCc2[nH]ccc2Cc2ccccc2)C1(C)C. The highest BCUT2D eigenvalue weighted by molar-refractivity contribution is 5.78. The van der Waals surface area contributed by atoms with Crippen LogP contribution >= 0.6 is 0 Å². The van der Waals surface area contributed by atoms with Gasteiger partial charge in [0.1, 0.15) is 24.4 Å². The molecule has 1 N–H and O–H groups in total. The molecular weight excluding hydrogens is 362 g/mol. The van der Waals surface area contributed by atoms with Crippen LogP contribution in [0.15, 0.2) is 66.9 Å². The summed E-state index contributed by atoms with van der Waals surface area (Å²) in [6.07, 6.45) is 2.54. The summed E-state index contributed by atoms with van der Waals surface area (Å²) in [4.78, 5) is 16.0. The average Bonchev–Trinajstić information content (AvgIpc) is 3.01. The van der Waals surface area contributed by atoms with Crippen LogP contribution in [0.3, 0.4) is 0 Å². The number of nitrogens with one attached hydrogen (secondary N) is 1. The lowest BCUT2D eigenvalue weighted by Crippen LogP contribution is -2.13. The Balaban J connectivity index is 1.37. The minimum atomic E-state index is -0.255. The van der Waals surface area contributed by atoms with Gasteiger partial charge in [0.2, 0.25) is 0 Å². The molecule has 2 aromatic carbocycles. The highest BCUT2D eigenvalue weighted by Gasteiger charge is 2.65. The Bertz CT molecular complexity index is 990. The smallest absolute Gasteiger partial charge is 0.313 e. The molecule has 1 heterocycles. The number of carbonyl (C=O) groups excluding carboxylic acids is 1. The summed E-state index contributed by atoms with van der Waals surface area (Å²) in [6, 6.07) is 20.2. The number of hydrogen-bond acceptors (Lipinski definition) is 3. The van der Waals surface area contributed by atoms with Gasteiger partial charge in [-0.1, -0.05) is 62.4 Å². The molecule has 4 nitrogen and oxygen atoms in total. The van der Waals surface area contributed by atoms with Crippen LogP contribution in [0.5, 0.6) is 5.75 Å². The van der Waals surface area contributed by atoms with Gasteiger partial charge in [-0.05, 0) is 42.2 Å². The highest BCUT2D eigenvalue weighted by atomic mass is 16.5. The van der Waals surface area contributed by atoms with Crippen LogP contribution < -0.4 is 4.74 Å². The molecule has 4 rings (SSSR count). The van der Waals surface area contributed by atoms with E-state index in [0.717, 1.165) is 29.0 Å². The van der Waals surface area contributed by atoms with E-state index in [4.69, 9.17) is 9.47 Å². The van der Waals surface area contributed by atoms with Crippen molar-refractivity contribution in [1.82, 2.24) is 4.98 Å². The van der Waals surface area contributed by atoms with Crippen molar-refractivity contribution in [2.24, 2.45) is 11.3 Å². The molecule has 2 atom stereocenters. The number of para-hydroxylation sites is 1. The number of hydrogen-bond donors (Lipinski definition) is 1. The normalized spacial score (nSPS) is 19.6. The molecule has 1 fully saturated rings. The lowest BCUT2D eigenvalue weighted by atomic mass is 10.1. The molecule has 3 aromatic rings. The zero-order valence-electron chi connectivity index (χ0n) is 17.1. The van der Waals surface area contributed by atoms with Gasteiger partial charge in [0.05, 0.1) is 5.69 Å². The molecule has 2 unspecified atom stereocenters. The first-order chi connectivity index (χ1) is 14.0. The van der Waals surface area contributed by atoms with Crippen molar-refractivity contribution in [3.05, 3.63) is 89.2 Å². The number of esters is 1. The first-order valence-corrected chi connectivity index (χ1v) is 10.0. The van der Waals surface area contributed by atoms with Crippen molar-refractivity contribution >= 4 is 5.97 Å². The van der Waals surface area contributed by atoms with Crippen LogP contribution in [0.1, 0.15) is 36.2 Å². The largest absolute Gasteiger partial charge is 0.489 e. The summed E-state index contributed by atoms with van der Waals surface area (Å²) in [5, 5.41) is 0. The summed E-state index contributed by atoms with van der Waals surface area (Å²) in [5.74, 6) is 0.374. The fourth-order valence-corrected chi connectivity index (χ4v) is 3.85. The summed E-state index contributed by atoms with van der Waals surface area (Å²) in [5.41, 5.74) is 4.15. The van der Waals surface area contributed by atoms with Crippen molar-refractivity contribution in [3.63, 3.8) is 0 Å². The van der Waals surface area contributed by atoms with Crippen LogP contribution in [0.2, 0.25) is 0 Å². The molecule has 1 aliphatic carbocycles. The van der Waals surface area contributed by atoms with Gasteiger partial charge in [-0.15, -0.1) is 0 Å². The lowest BCUT2D eigenvalue weighted by molar-refractivity contribution is -0.148. The van der Waals surface area contributed by atoms with E-state index in [1.165, 1.54) is 5.56 Å². The third-order valence-corrected chi connectivity index (χ3v) is 5.86. The van der Waals surface area contributed by atoms with E-state index < -0.39 is 0 Å². The second-order valence-electron chi connectivity index (χ2n) is 8.35. The first-order valence-electron chi connectivity index (χ1n) is 10.0. The number of aromatic amines is 1. The molecule has 0 aliphatic heterocycles. The van der Waals surface area contributed by atoms with E-state index in [-0.39, 0.29) is 30.0 Å². The maximum atomic E-state index is 12.8. The van der Waals surface area contributed by atoms with Gasteiger partial charge >= 0.3 is 5.97 Å². The fraction of sp³-hybridized carbons (Fsp3) is 0.320. The van der Waals surface area contributed by atoms with E-state index in [1.54, 1.807) is 0 Å². The van der Waals surface area contributed by atoms with Crippen molar-refractivity contribution < 1.29 is 14.3 Å². The van der Waals surface area contributed by atoms with Crippen LogP contribution in [0.25, 0.3) is 0 Å². The van der Waals surface area contributed by atoms with Gasteiger partial charge in [-0.25, -0.2) is 0 Å². The number of ether oxygens (including phenoxy) is 2. The minimum Gasteiger partial charge on any atom is -0.489 e. The molecule has 0 bridgehead atoms. The molecule has 1 aliphatic rings. The molecule has 29 heavy (non-hydrogen) atoms. The van der Waals surface area contributed by atoms with E-state index in [9.17, 15) is 4.79 Å². The number of rotatable bonds is 7. The van der Waals surface area contributed by atoms with Gasteiger partial charge in [0.15, 0.2) is 0 Å². The summed E-state index contributed by atoms with van der Waals surface area (Å²) < 4.78 is 11.8. The third kappa shape index (κ3) is 4.07. The van der Waals surface area contributed by atoms with Crippen molar-refractivity contribution in [2.45, 2.75) is 39.9 Å². The Hall–Kier alpha value is -3.01. The predicted molar refractivity (Wildman–Crippen MR) is 113 cm³/mol. The zero-order valence-corrected chi connectivity index (χ0v) is 17.1. The van der Waals surface area contributed by atoms with E-state index in [2.05, 4.69) is 31.0 Å². The quantitative estimate of drug-likeness (QED) is 0.575. The molecule has 0 amide bonds. The summed E-state index contributed by atoms with van der Waals surface area (Å²) in [6.45, 7) is 6.36. The third-order valence-electron chi connectivity index (χ3n) is 5.86. The molecule has 4 heteroatoms. The molecule has 150 valence electrons. The monoisotopic (exact) mass is 389 g/mol. The number of aryl methyl sites for hydroxylation is 1. The predicted octanol–water partition coefficient (Wildman–Crippen LogP) is 5.06. The standard InChI is InChI=1S/C25H27NO3/c1-17-9-7-8-12-21(17)29-23-22(25(23,2)3)24(27)28-16-20-19(13-14-26-20)15-18-10-5-4-6-11-18/h4-14,22-23,26H,15-16H2,1-3H3. The van der Waals surface area contributed by atoms with Crippen LogP contribution in [-0.2, 0) is 22.6 Å². The van der Waals surface area contributed by atoms with Crippen molar-refractivity contribution in [3.8, 4) is 5.75 Å². The van der Waals surface area contributed by atoms with Gasteiger partial charge in [-0.2, -0.15) is 0 Å². The number of benzene rings is 2. The average molecular weight is 389 g/mol. The van der Waals surface area contributed by atoms with Crippen LogP contribution in [0.4, 0.5) is 0 Å². The van der Waals surface area contributed by atoms with Crippen molar-refractivity contribution in [1.29, 1.82) is 0 Å². The van der Waals surface area contributed by atoms with Gasteiger partial charge in [0.25, 0.3) is 0 Å². The second-order valence-corrected chi connectivity index (χ2v) is 8.35. The van der Waals surface area contributed by atoms with E-state index in [0.29, 0.717) is 0 Å². The molecule has 0 saturated heterocycles. The number of carbonyl (C=O) groups is 1. The van der Waals surface area contributed by atoms with Gasteiger partial charge in [-0.3, -0.25) is 4.79 Å². The fourth-order valence-electron chi connectivity index (χ4n) is 3.85. The maximum Gasteiger partial charge on any atom is 0.313 e. The minimum absolute atomic E-state index is 0.163. The topological polar surface area (TPSA) is 51.3 Å². The highest BCUT2D eigenvalue weighted by Crippen LogP contribution is 2.54. The maximum absolute atomic E-state index is 12.8. The van der Waals surface area contributed by atoms with E-state index >= 15 is 0 Å². The van der Waals surface area contributed by atoms with Gasteiger partial charge in [0, 0.05) is 11.6 Å². The summed E-state index contributed by atoms with van der Waals surface area (Å²) >= 11 is 0. The molecule has 0 spiro atoms. The number of aromatic nitrogens is 1. The van der Waals surface area contributed by atoms with Gasteiger partial charge < -0.3 is 14.5 Å². The molecule has 1 aromatic heterocycles. The molecule has 1 saturated carbocycles. The Kier molecular flexibility index (Phi) is 5.18.